The van der Waals surface area contributed by atoms with Crippen LogP contribution in [0.25, 0.3) is 10.9 Å². The fraction of sp³-hybridized carbons (Fsp3) is 0. The molecule has 1 heterocycles. The number of aromatic amines is 1. The molecule has 19 heavy (non-hydrogen) atoms. The van der Waals surface area contributed by atoms with E-state index in [1.54, 1.807) is 30.3 Å². The average Bonchev–Trinajstić information content (AvgIpc) is 2.83. The molecule has 2 N–H and O–H groups in total. The molecular formula is C14H11NO3S. The molecule has 0 atom stereocenters. The number of aromatic hydroxyl groups is 1. The molecule has 96 valence electrons. The third-order valence-electron chi connectivity index (χ3n) is 3.00. The Morgan fingerprint density at radius 2 is 1.58 bits per heavy atom. The van der Waals surface area contributed by atoms with E-state index in [4.69, 9.17) is 0 Å². The molecule has 0 aliphatic heterocycles. The number of rotatable bonds is 2. The van der Waals surface area contributed by atoms with Crippen LogP contribution in [0.5, 0.6) is 5.75 Å². The zero-order chi connectivity index (χ0) is 13.5. The number of phenolic OH excluding ortho intramolecular Hbond substituents is 1. The molecule has 3 aromatic rings. The normalized spacial score (nSPS) is 11.8. The molecule has 0 bridgehead atoms. The van der Waals surface area contributed by atoms with Crippen LogP contribution < -0.4 is 0 Å². The molecule has 3 rings (SSSR count). The standard InChI is InChI=1S/C14H11NO3S/c16-12-7-3-4-8-13(12)19(17,18)14-9-15-11-6-2-1-5-10(11)14/h1-9,15-16H. The van der Waals surface area contributed by atoms with Crippen LogP contribution in [-0.4, -0.2) is 18.5 Å². The number of hydrogen-bond acceptors (Lipinski definition) is 3. The number of benzene rings is 2. The van der Waals surface area contributed by atoms with Gasteiger partial charge in [-0.05, 0) is 18.2 Å². The smallest absolute Gasteiger partial charge is 0.212 e. The van der Waals surface area contributed by atoms with E-state index < -0.39 is 9.84 Å². The van der Waals surface area contributed by atoms with Crippen LogP contribution in [0.3, 0.4) is 0 Å². The van der Waals surface area contributed by atoms with Crippen LogP contribution in [0.1, 0.15) is 0 Å². The zero-order valence-corrected chi connectivity index (χ0v) is 10.7. The minimum Gasteiger partial charge on any atom is -0.507 e. The number of hydrogen-bond donors (Lipinski definition) is 2. The molecule has 0 aliphatic rings. The van der Waals surface area contributed by atoms with Gasteiger partial charge in [-0.3, -0.25) is 0 Å². The number of fused-ring (bicyclic) bond motifs is 1. The number of para-hydroxylation sites is 2. The second kappa shape index (κ2) is 4.13. The van der Waals surface area contributed by atoms with E-state index in [-0.39, 0.29) is 15.5 Å². The predicted octanol–water partition coefficient (Wildman–Crippen LogP) is 2.71. The van der Waals surface area contributed by atoms with Crippen LogP contribution in [0.2, 0.25) is 0 Å². The lowest BCUT2D eigenvalue weighted by Gasteiger charge is -2.05. The van der Waals surface area contributed by atoms with Crippen LogP contribution in [0, 0.1) is 0 Å². The first-order valence-corrected chi connectivity index (χ1v) is 7.18. The van der Waals surface area contributed by atoms with Gasteiger partial charge in [0, 0.05) is 17.1 Å². The van der Waals surface area contributed by atoms with Crippen molar-refractivity contribution in [2.75, 3.05) is 0 Å². The highest BCUT2D eigenvalue weighted by Gasteiger charge is 2.24. The molecule has 0 amide bonds. The highest BCUT2D eigenvalue weighted by Crippen LogP contribution is 2.32. The minimum atomic E-state index is -3.73. The summed E-state index contributed by atoms with van der Waals surface area (Å²) in [4.78, 5) is 3.01. The van der Waals surface area contributed by atoms with Crippen molar-refractivity contribution in [3.05, 3.63) is 54.7 Å². The third-order valence-corrected chi connectivity index (χ3v) is 4.84. The summed E-state index contributed by atoms with van der Waals surface area (Å²) in [7, 11) is -3.73. The van der Waals surface area contributed by atoms with Crippen molar-refractivity contribution in [1.29, 1.82) is 0 Å². The molecule has 0 saturated carbocycles. The van der Waals surface area contributed by atoms with Crippen molar-refractivity contribution >= 4 is 20.7 Å². The van der Waals surface area contributed by atoms with Crippen LogP contribution in [0.15, 0.2) is 64.5 Å². The van der Waals surface area contributed by atoms with Gasteiger partial charge in [-0.2, -0.15) is 0 Å². The lowest BCUT2D eigenvalue weighted by Crippen LogP contribution is -2.01. The van der Waals surface area contributed by atoms with Crippen LogP contribution >= 0.6 is 0 Å². The van der Waals surface area contributed by atoms with Crippen molar-refractivity contribution in [2.45, 2.75) is 9.79 Å². The Labute approximate surface area is 110 Å². The molecule has 0 spiro atoms. The van der Waals surface area contributed by atoms with Gasteiger partial charge in [0.05, 0.1) is 4.90 Å². The summed E-state index contributed by atoms with van der Waals surface area (Å²) in [6, 6.07) is 13.1. The minimum absolute atomic E-state index is 0.0836. The van der Waals surface area contributed by atoms with Gasteiger partial charge in [0.25, 0.3) is 0 Å². The lowest BCUT2D eigenvalue weighted by molar-refractivity contribution is 0.459. The zero-order valence-electron chi connectivity index (χ0n) is 9.87. The van der Waals surface area contributed by atoms with E-state index in [1.165, 1.54) is 18.3 Å². The number of H-pyrrole nitrogens is 1. The van der Waals surface area contributed by atoms with Gasteiger partial charge >= 0.3 is 0 Å². The summed E-state index contributed by atoms with van der Waals surface area (Å²) in [5, 5.41) is 10.3. The lowest BCUT2D eigenvalue weighted by atomic mass is 10.2. The van der Waals surface area contributed by atoms with Crippen LogP contribution in [0.4, 0.5) is 0 Å². The SMILES string of the molecule is O=S(=O)(c1ccccc1O)c1c[nH]c2ccccc12. The molecule has 1 aromatic heterocycles. The Kier molecular flexibility index (Phi) is 2.57. The summed E-state index contributed by atoms with van der Waals surface area (Å²) in [6.45, 7) is 0. The van der Waals surface area contributed by atoms with Gasteiger partial charge in [-0.15, -0.1) is 0 Å². The highest BCUT2D eigenvalue weighted by atomic mass is 32.2. The maximum absolute atomic E-state index is 12.5. The van der Waals surface area contributed by atoms with Crippen molar-refractivity contribution in [2.24, 2.45) is 0 Å². The van der Waals surface area contributed by atoms with E-state index in [0.717, 1.165) is 5.52 Å². The second-order valence-corrected chi connectivity index (χ2v) is 6.06. The van der Waals surface area contributed by atoms with Crippen molar-refractivity contribution in [1.82, 2.24) is 4.98 Å². The summed E-state index contributed by atoms with van der Waals surface area (Å²) in [5.74, 6) is -0.243. The molecule has 0 unspecified atom stereocenters. The van der Waals surface area contributed by atoms with Gasteiger partial charge in [-0.25, -0.2) is 8.42 Å². The highest BCUT2D eigenvalue weighted by molar-refractivity contribution is 7.91. The fourth-order valence-corrected chi connectivity index (χ4v) is 3.59. The Bertz CT molecular complexity index is 850. The molecule has 4 nitrogen and oxygen atoms in total. The van der Waals surface area contributed by atoms with Crippen molar-refractivity contribution in [3.8, 4) is 5.75 Å². The van der Waals surface area contributed by atoms with E-state index in [9.17, 15) is 13.5 Å². The van der Waals surface area contributed by atoms with Gasteiger partial charge in [0.15, 0.2) is 0 Å². The van der Waals surface area contributed by atoms with E-state index in [2.05, 4.69) is 4.98 Å². The summed E-state index contributed by atoms with van der Waals surface area (Å²) >= 11 is 0. The summed E-state index contributed by atoms with van der Waals surface area (Å²) < 4.78 is 25.1. The van der Waals surface area contributed by atoms with Crippen molar-refractivity contribution < 1.29 is 13.5 Å². The first-order chi connectivity index (χ1) is 9.10. The maximum Gasteiger partial charge on any atom is 0.212 e. The van der Waals surface area contributed by atoms with E-state index in [1.807, 2.05) is 6.07 Å². The topological polar surface area (TPSA) is 70.2 Å². The summed E-state index contributed by atoms with van der Waals surface area (Å²) in [6.07, 6.45) is 1.45. The Balaban J connectivity index is 2.29. The van der Waals surface area contributed by atoms with E-state index >= 15 is 0 Å². The maximum atomic E-state index is 12.5. The molecule has 2 aromatic carbocycles. The van der Waals surface area contributed by atoms with E-state index in [0.29, 0.717) is 5.39 Å². The predicted molar refractivity (Wildman–Crippen MR) is 71.9 cm³/mol. The molecule has 0 radical (unpaired) electrons. The molecule has 5 heteroatoms. The molecule has 0 saturated heterocycles. The first kappa shape index (κ1) is 11.8. The van der Waals surface area contributed by atoms with Crippen LogP contribution in [-0.2, 0) is 9.84 Å². The Morgan fingerprint density at radius 3 is 2.37 bits per heavy atom. The average molecular weight is 273 g/mol. The van der Waals surface area contributed by atoms with Gasteiger partial charge in [0.2, 0.25) is 9.84 Å². The first-order valence-electron chi connectivity index (χ1n) is 5.70. The monoisotopic (exact) mass is 273 g/mol. The van der Waals surface area contributed by atoms with Gasteiger partial charge in [0.1, 0.15) is 10.6 Å². The van der Waals surface area contributed by atoms with Gasteiger partial charge < -0.3 is 10.1 Å². The Hall–Kier alpha value is -2.27. The second-order valence-electron chi connectivity index (χ2n) is 4.17. The molecule has 0 aliphatic carbocycles. The van der Waals surface area contributed by atoms with Crippen molar-refractivity contribution in [3.63, 3.8) is 0 Å². The quantitative estimate of drug-likeness (QED) is 0.754. The molecular weight excluding hydrogens is 262 g/mol. The Morgan fingerprint density at radius 1 is 0.895 bits per heavy atom. The number of nitrogens with one attached hydrogen (secondary N) is 1. The third kappa shape index (κ3) is 1.79. The van der Waals surface area contributed by atoms with Gasteiger partial charge in [-0.1, -0.05) is 30.3 Å². The number of aromatic nitrogens is 1. The number of phenols is 1. The largest absolute Gasteiger partial charge is 0.507 e. The molecule has 0 fully saturated rings. The fourth-order valence-electron chi connectivity index (χ4n) is 2.07. The summed E-state index contributed by atoms with van der Waals surface area (Å²) in [5.41, 5.74) is 0.747. The number of sulfone groups is 1.